The van der Waals surface area contributed by atoms with Gasteiger partial charge < -0.3 is 30.2 Å². The van der Waals surface area contributed by atoms with E-state index in [1.807, 2.05) is 0 Å². The number of aliphatic hydroxyl groups is 4. The average Bonchev–Trinajstić information content (AvgIpc) is 2.22. The Balaban J connectivity index is 4.53. The summed E-state index contributed by atoms with van der Waals surface area (Å²) in [6.07, 6.45) is -9.63. The van der Waals surface area contributed by atoms with Crippen LogP contribution < -0.4 is 5.48 Å². The van der Waals surface area contributed by atoms with Crippen molar-refractivity contribution in [2.75, 3.05) is 0 Å². The average molecular weight is 277 g/mol. The van der Waals surface area contributed by atoms with Crippen molar-refractivity contribution in [3.05, 3.63) is 0 Å². The molecular formula is C5H12NO10P. The second kappa shape index (κ2) is 6.35. The number of rotatable bonds is 6. The quantitative estimate of drug-likeness (QED) is 0.102. The zero-order chi connectivity index (χ0) is 13.8. The number of hydrogen-bond acceptors (Lipinski definition) is 8. The van der Waals surface area contributed by atoms with Gasteiger partial charge in [0.15, 0.2) is 12.4 Å². The molecular weight excluding hydrogens is 265 g/mol. The first-order valence-corrected chi connectivity index (χ1v) is 5.53. The van der Waals surface area contributed by atoms with Crippen molar-refractivity contribution in [3.8, 4) is 0 Å². The minimum Gasteiger partial charge on any atom is -0.387 e. The van der Waals surface area contributed by atoms with Crippen molar-refractivity contribution in [3.63, 3.8) is 0 Å². The van der Waals surface area contributed by atoms with Gasteiger partial charge in [0.05, 0.1) is 0 Å². The van der Waals surface area contributed by atoms with E-state index in [-0.39, 0.29) is 0 Å². The molecule has 0 aromatic rings. The molecule has 12 heteroatoms. The van der Waals surface area contributed by atoms with E-state index in [4.69, 9.17) is 35.4 Å². The summed E-state index contributed by atoms with van der Waals surface area (Å²) in [7, 11) is -5.13. The summed E-state index contributed by atoms with van der Waals surface area (Å²) in [5.41, 5.74) is 0.952. The van der Waals surface area contributed by atoms with Crippen molar-refractivity contribution in [2.24, 2.45) is 0 Å². The van der Waals surface area contributed by atoms with Gasteiger partial charge in [0, 0.05) is 0 Å². The number of hydroxylamine groups is 1. The maximum Gasteiger partial charge on any atom is 0.472 e. The number of amides is 1. The van der Waals surface area contributed by atoms with Crippen LogP contribution in [-0.4, -0.2) is 65.9 Å². The number of phosphoric acid groups is 1. The Morgan fingerprint density at radius 3 is 1.94 bits per heavy atom. The van der Waals surface area contributed by atoms with Gasteiger partial charge >= 0.3 is 7.82 Å². The minimum absolute atomic E-state index is 0.952. The second-order valence-electron chi connectivity index (χ2n) is 2.89. The van der Waals surface area contributed by atoms with Crippen LogP contribution in [0.5, 0.6) is 0 Å². The number of aliphatic hydroxyl groups excluding tert-OH is 4. The van der Waals surface area contributed by atoms with Crippen molar-refractivity contribution < 1.29 is 49.3 Å². The van der Waals surface area contributed by atoms with E-state index in [0.717, 1.165) is 5.48 Å². The second-order valence-corrected chi connectivity index (χ2v) is 4.08. The Hall–Kier alpha value is -0.620. The molecule has 0 aliphatic heterocycles. The maximum absolute atomic E-state index is 10.6. The molecule has 102 valence electrons. The predicted molar refractivity (Wildman–Crippen MR) is 47.1 cm³/mol. The van der Waals surface area contributed by atoms with Crippen molar-refractivity contribution in [1.82, 2.24) is 5.48 Å². The molecule has 17 heavy (non-hydrogen) atoms. The first kappa shape index (κ1) is 16.4. The van der Waals surface area contributed by atoms with Crippen LogP contribution in [0.4, 0.5) is 0 Å². The molecule has 0 aliphatic carbocycles. The zero-order valence-corrected chi connectivity index (χ0v) is 9.01. The van der Waals surface area contributed by atoms with Gasteiger partial charge in [0.2, 0.25) is 0 Å². The van der Waals surface area contributed by atoms with Crippen LogP contribution in [0, 0.1) is 0 Å². The first-order chi connectivity index (χ1) is 7.60. The zero-order valence-electron chi connectivity index (χ0n) is 8.11. The van der Waals surface area contributed by atoms with E-state index in [1.165, 1.54) is 0 Å². The molecule has 0 bridgehead atoms. The molecule has 1 amide bonds. The molecule has 0 rings (SSSR count). The van der Waals surface area contributed by atoms with E-state index < -0.39 is 38.3 Å². The van der Waals surface area contributed by atoms with Gasteiger partial charge in [-0.05, 0) is 0 Å². The fourth-order valence-electron chi connectivity index (χ4n) is 0.780. The van der Waals surface area contributed by atoms with E-state index in [2.05, 4.69) is 4.52 Å². The smallest absolute Gasteiger partial charge is 0.387 e. The number of phosphoric ester groups is 1. The Bertz CT molecular complexity index is 303. The number of carbonyl (C=O) groups excluding carboxylic acids is 1. The number of nitrogens with one attached hydrogen (secondary N) is 1. The van der Waals surface area contributed by atoms with E-state index in [9.17, 15) is 9.36 Å². The summed E-state index contributed by atoms with van der Waals surface area (Å²) in [6, 6.07) is 0. The van der Waals surface area contributed by atoms with Crippen molar-refractivity contribution >= 4 is 13.7 Å². The molecule has 0 aromatic heterocycles. The van der Waals surface area contributed by atoms with Crippen molar-refractivity contribution in [1.29, 1.82) is 0 Å². The Morgan fingerprint density at radius 1 is 1.12 bits per heavy atom. The molecule has 4 atom stereocenters. The highest BCUT2D eigenvalue weighted by Crippen LogP contribution is 2.37. The van der Waals surface area contributed by atoms with Gasteiger partial charge in [-0.1, -0.05) is 0 Å². The lowest BCUT2D eigenvalue weighted by atomic mass is 10.1. The highest BCUT2D eigenvalue weighted by Gasteiger charge is 2.37. The maximum atomic E-state index is 10.6. The third kappa shape index (κ3) is 5.50. The highest BCUT2D eigenvalue weighted by molar-refractivity contribution is 7.46. The number of hydrogen-bond donors (Lipinski definition) is 8. The van der Waals surface area contributed by atoms with E-state index in [1.54, 1.807) is 0 Å². The molecule has 0 aliphatic rings. The molecule has 0 saturated heterocycles. The molecule has 0 radical (unpaired) electrons. The monoisotopic (exact) mass is 277 g/mol. The summed E-state index contributed by atoms with van der Waals surface area (Å²) in [5, 5.41) is 44.1. The lowest BCUT2D eigenvalue weighted by molar-refractivity contribution is -0.178. The predicted octanol–water partition coefficient (Wildman–Crippen LogP) is -4.00. The van der Waals surface area contributed by atoms with Crippen LogP contribution in [0.2, 0.25) is 0 Å². The van der Waals surface area contributed by atoms with Gasteiger partial charge in [-0.25, -0.2) is 10.0 Å². The Kier molecular flexibility index (Phi) is 6.12. The van der Waals surface area contributed by atoms with Crippen LogP contribution in [0.1, 0.15) is 0 Å². The normalized spacial score (nSPS) is 19.2. The van der Waals surface area contributed by atoms with E-state index >= 15 is 0 Å². The lowest BCUT2D eigenvalue weighted by Crippen LogP contribution is -2.50. The SMILES string of the molecule is O=C(NO)[C@H](O)C(O)C(O)C(O)OP(=O)(O)O. The van der Waals surface area contributed by atoms with Crippen LogP contribution in [0.15, 0.2) is 0 Å². The van der Waals surface area contributed by atoms with Gasteiger partial charge in [-0.3, -0.25) is 14.5 Å². The Labute approximate surface area is 94.1 Å². The van der Waals surface area contributed by atoms with Gasteiger partial charge in [0.25, 0.3) is 5.91 Å². The minimum atomic E-state index is -5.13. The third-order valence-corrected chi connectivity index (χ3v) is 2.08. The summed E-state index contributed by atoms with van der Waals surface area (Å²) >= 11 is 0. The summed E-state index contributed by atoms with van der Waals surface area (Å²) in [6.45, 7) is 0. The molecule has 0 heterocycles. The lowest BCUT2D eigenvalue weighted by Gasteiger charge is -2.25. The molecule has 3 unspecified atom stereocenters. The fraction of sp³-hybridized carbons (Fsp3) is 0.800. The largest absolute Gasteiger partial charge is 0.472 e. The molecule has 0 spiro atoms. The van der Waals surface area contributed by atoms with Crippen LogP contribution in [-0.2, 0) is 13.9 Å². The highest BCUT2D eigenvalue weighted by atomic mass is 31.2. The number of carbonyl (C=O) groups is 1. The Morgan fingerprint density at radius 2 is 1.59 bits per heavy atom. The first-order valence-electron chi connectivity index (χ1n) is 4.00. The van der Waals surface area contributed by atoms with Crippen LogP contribution in [0.3, 0.4) is 0 Å². The topological polar surface area (TPSA) is 197 Å². The van der Waals surface area contributed by atoms with Crippen molar-refractivity contribution in [2.45, 2.75) is 24.6 Å². The van der Waals surface area contributed by atoms with Gasteiger partial charge in [-0.15, -0.1) is 0 Å². The third-order valence-electron chi connectivity index (χ3n) is 1.59. The van der Waals surface area contributed by atoms with Gasteiger partial charge in [0.1, 0.15) is 12.2 Å². The molecule has 8 N–H and O–H groups in total. The molecule has 0 saturated carbocycles. The van der Waals surface area contributed by atoms with Crippen LogP contribution in [0.25, 0.3) is 0 Å². The standard InChI is InChI=1S/C5H12NO10P/c7-1(2(8)4(10)6-12)3(9)5(11)16-17(13,14)15/h1-3,5,7-9,11-12H,(H,6,10)(H2,13,14,15)/t1?,2-,3?,5?/m1/s1. The summed E-state index contributed by atoms with van der Waals surface area (Å²) in [4.78, 5) is 27.1. The molecule has 0 aromatic carbocycles. The molecule has 11 nitrogen and oxygen atoms in total. The van der Waals surface area contributed by atoms with Crippen LogP contribution >= 0.6 is 7.82 Å². The summed E-state index contributed by atoms with van der Waals surface area (Å²) < 4.78 is 13.9. The molecule has 0 fully saturated rings. The summed E-state index contributed by atoms with van der Waals surface area (Å²) in [5.74, 6) is -1.50. The van der Waals surface area contributed by atoms with E-state index in [0.29, 0.717) is 0 Å². The fourth-order valence-corrected chi connectivity index (χ4v) is 1.19. The van der Waals surface area contributed by atoms with Gasteiger partial charge in [-0.2, -0.15) is 0 Å².